The number of amides is 1. The molecule has 3 nitrogen and oxygen atoms in total. The Morgan fingerprint density at radius 3 is 2.57 bits per heavy atom. The summed E-state index contributed by atoms with van der Waals surface area (Å²) in [4.78, 5) is 14.1. The topological polar surface area (TPSA) is 46.3 Å². The van der Waals surface area contributed by atoms with Gasteiger partial charge in [-0.1, -0.05) is 6.42 Å². The molecule has 0 spiro atoms. The summed E-state index contributed by atoms with van der Waals surface area (Å²) in [5.74, 6) is 1.09. The molecule has 0 aromatic rings. The van der Waals surface area contributed by atoms with Gasteiger partial charge in [-0.3, -0.25) is 4.79 Å². The Morgan fingerprint density at radius 2 is 1.93 bits per heavy atom. The fraction of sp³-hybridized carbons (Fsp3) is 0.909. The summed E-state index contributed by atoms with van der Waals surface area (Å²) in [6.45, 7) is 2.64. The fourth-order valence-electron chi connectivity index (χ4n) is 2.82. The Kier molecular flexibility index (Phi) is 3.06. The SMILES string of the molecule is NC[C@@H]1CCC[C@@H]1C(=O)N1CCCC1. The smallest absolute Gasteiger partial charge is 0.226 e. The molecule has 1 amide bonds. The molecule has 0 unspecified atom stereocenters. The first-order chi connectivity index (χ1) is 6.83. The number of hydrogen-bond acceptors (Lipinski definition) is 2. The molecule has 2 aliphatic rings. The largest absolute Gasteiger partial charge is 0.342 e. The van der Waals surface area contributed by atoms with Crippen molar-refractivity contribution in [3.63, 3.8) is 0 Å². The highest BCUT2D eigenvalue weighted by Crippen LogP contribution is 2.33. The highest BCUT2D eigenvalue weighted by molar-refractivity contribution is 5.79. The minimum atomic E-state index is 0.248. The van der Waals surface area contributed by atoms with Gasteiger partial charge >= 0.3 is 0 Å². The van der Waals surface area contributed by atoms with E-state index in [0.29, 0.717) is 18.4 Å². The monoisotopic (exact) mass is 196 g/mol. The van der Waals surface area contributed by atoms with Gasteiger partial charge in [0.05, 0.1) is 0 Å². The van der Waals surface area contributed by atoms with Gasteiger partial charge in [0.15, 0.2) is 0 Å². The van der Waals surface area contributed by atoms with Gasteiger partial charge in [-0.25, -0.2) is 0 Å². The van der Waals surface area contributed by atoms with E-state index in [9.17, 15) is 4.79 Å². The van der Waals surface area contributed by atoms with Crippen molar-refractivity contribution in [1.82, 2.24) is 4.90 Å². The van der Waals surface area contributed by atoms with E-state index in [1.54, 1.807) is 0 Å². The molecule has 0 radical (unpaired) electrons. The van der Waals surface area contributed by atoms with Crippen LogP contribution in [0.3, 0.4) is 0 Å². The molecule has 80 valence electrons. The second kappa shape index (κ2) is 4.30. The summed E-state index contributed by atoms with van der Waals surface area (Å²) in [7, 11) is 0. The average molecular weight is 196 g/mol. The van der Waals surface area contributed by atoms with Crippen LogP contribution in [0, 0.1) is 11.8 Å². The van der Waals surface area contributed by atoms with E-state index < -0.39 is 0 Å². The first-order valence-electron chi connectivity index (χ1n) is 5.82. The lowest BCUT2D eigenvalue weighted by Crippen LogP contribution is -2.37. The first-order valence-corrected chi connectivity index (χ1v) is 5.82. The maximum atomic E-state index is 12.1. The van der Waals surface area contributed by atoms with Crippen LogP contribution in [0.2, 0.25) is 0 Å². The molecule has 1 aliphatic heterocycles. The molecule has 2 atom stereocenters. The van der Waals surface area contributed by atoms with Crippen LogP contribution in [0.25, 0.3) is 0 Å². The lowest BCUT2D eigenvalue weighted by atomic mass is 9.95. The Morgan fingerprint density at radius 1 is 1.21 bits per heavy atom. The van der Waals surface area contributed by atoms with Crippen LogP contribution in [-0.4, -0.2) is 30.4 Å². The number of likely N-dealkylation sites (tertiary alicyclic amines) is 1. The highest BCUT2D eigenvalue weighted by atomic mass is 16.2. The minimum Gasteiger partial charge on any atom is -0.342 e. The zero-order chi connectivity index (χ0) is 9.97. The second-order valence-electron chi connectivity index (χ2n) is 4.57. The van der Waals surface area contributed by atoms with Gasteiger partial charge < -0.3 is 10.6 Å². The minimum absolute atomic E-state index is 0.248. The molecule has 2 N–H and O–H groups in total. The predicted octanol–water partition coefficient (Wildman–Crippen LogP) is 0.984. The number of hydrogen-bond donors (Lipinski definition) is 1. The fourth-order valence-corrected chi connectivity index (χ4v) is 2.82. The van der Waals surface area contributed by atoms with Crippen LogP contribution in [0.5, 0.6) is 0 Å². The van der Waals surface area contributed by atoms with E-state index >= 15 is 0 Å². The van der Waals surface area contributed by atoms with Crippen molar-refractivity contribution in [3.05, 3.63) is 0 Å². The number of carbonyl (C=O) groups excluding carboxylic acids is 1. The van der Waals surface area contributed by atoms with E-state index in [-0.39, 0.29) is 5.92 Å². The molecule has 14 heavy (non-hydrogen) atoms. The van der Waals surface area contributed by atoms with Crippen molar-refractivity contribution in [2.24, 2.45) is 17.6 Å². The van der Waals surface area contributed by atoms with E-state index in [1.165, 1.54) is 19.3 Å². The Labute approximate surface area is 85.6 Å². The second-order valence-corrected chi connectivity index (χ2v) is 4.57. The molecule has 3 heteroatoms. The van der Waals surface area contributed by atoms with Gasteiger partial charge in [-0.05, 0) is 38.1 Å². The number of nitrogens with two attached hydrogens (primary N) is 1. The van der Waals surface area contributed by atoms with Crippen LogP contribution in [0.15, 0.2) is 0 Å². The van der Waals surface area contributed by atoms with Gasteiger partial charge in [0.1, 0.15) is 0 Å². The van der Waals surface area contributed by atoms with Gasteiger partial charge in [0.25, 0.3) is 0 Å². The summed E-state index contributed by atoms with van der Waals surface area (Å²) in [5, 5.41) is 0. The lowest BCUT2D eigenvalue weighted by Gasteiger charge is -2.23. The maximum Gasteiger partial charge on any atom is 0.226 e. The zero-order valence-electron chi connectivity index (χ0n) is 8.74. The van der Waals surface area contributed by atoms with E-state index in [2.05, 4.69) is 0 Å². The van der Waals surface area contributed by atoms with Gasteiger partial charge in [0, 0.05) is 19.0 Å². The van der Waals surface area contributed by atoms with Crippen molar-refractivity contribution in [2.45, 2.75) is 32.1 Å². The summed E-state index contributed by atoms with van der Waals surface area (Å²) < 4.78 is 0. The number of rotatable bonds is 2. The summed E-state index contributed by atoms with van der Waals surface area (Å²) in [6, 6.07) is 0. The van der Waals surface area contributed by atoms with Crippen molar-refractivity contribution in [3.8, 4) is 0 Å². The zero-order valence-corrected chi connectivity index (χ0v) is 8.74. The quantitative estimate of drug-likeness (QED) is 0.715. The molecule has 1 saturated carbocycles. The van der Waals surface area contributed by atoms with Crippen LogP contribution in [0.4, 0.5) is 0 Å². The maximum absolute atomic E-state index is 12.1. The first kappa shape index (κ1) is 9.97. The van der Waals surface area contributed by atoms with Gasteiger partial charge in [0.2, 0.25) is 5.91 Å². The van der Waals surface area contributed by atoms with E-state index in [4.69, 9.17) is 5.73 Å². The molecular formula is C11H20N2O. The molecule has 1 heterocycles. The predicted molar refractivity (Wildman–Crippen MR) is 55.7 cm³/mol. The van der Waals surface area contributed by atoms with Gasteiger partial charge in [-0.2, -0.15) is 0 Å². The molecule has 1 saturated heterocycles. The normalized spacial score (nSPS) is 32.5. The Bertz CT molecular complexity index is 211. The van der Waals surface area contributed by atoms with Crippen molar-refractivity contribution in [1.29, 1.82) is 0 Å². The molecule has 2 rings (SSSR count). The Balaban J connectivity index is 1.95. The van der Waals surface area contributed by atoms with Crippen molar-refractivity contribution < 1.29 is 4.79 Å². The molecular weight excluding hydrogens is 176 g/mol. The highest BCUT2D eigenvalue weighted by Gasteiger charge is 2.35. The lowest BCUT2D eigenvalue weighted by molar-refractivity contribution is -0.135. The number of nitrogens with zero attached hydrogens (tertiary/aromatic N) is 1. The summed E-state index contributed by atoms with van der Waals surface area (Å²) >= 11 is 0. The van der Waals surface area contributed by atoms with Crippen molar-refractivity contribution in [2.75, 3.05) is 19.6 Å². The molecule has 0 aromatic carbocycles. The molecule has 1 aliphatic carbocycles. The average Bonchev–Trinajstić information content (AvgIpc) is 2.87. The van der Waals surface area contributed by atoms with Gasteiger partial charge in [-0.15, -0.1) is 0 Å². The standard InChI is InChI=1S/C11H20N2O/c12-8-9-4-3-5-10(9)11(14)13-6-1-2-7-13/h9-10H,1-8,12H2/t9-,10-/m0/s1. The summed E-state index contributed by atoms with van der Waals surface area (Å²) in [6.07, 6.45) is 5.78. The molecule has 0 aromatic heterocycles. The third-order valence-corrected chi connectivity index (χ3v) is 3.70. The third-order valence-electron chi connectivity index (χ3n) is 3.70. The number of carbonyl (C=O) groups is 1. The summed E-state index contributed by atoms with van der Waals surface area (Å²) in [5.41, 5.74) is 5.69. The van der Waals surface area contributed by atoms with Crippen molar-refractivity contribution >= 4 is 5.91 Å². The van der Waals surface area contributed by atoms with Crippen LogP contribution in [-0.2, 0) is 4.79 Å². The van der Waals surface area contributed by atoms with E-state index in [1.807, 2.05) is 4.90 Å². The van der Waals surface area contributed by atoms with Crippen LogP contribution < -0.4 is 5.73 Å². The van der Waals surface area contributed by atoms with Crippen LogP contribution >= 0.6 is 0 Å². The molecule has 2 fully saturated rings. The third kappa shape index (κ3) is 1.78. The molecule has 0 bridgehead atoms. The van der Waals surface area contributed by atoms with Crippen LogP contribution in [0.1, 0.15) is 32.1 Å². The van der Waals surface area contributed by atoms with E-state index in [0.717, 1.165) is 25.9 Å². The Hall–Kier alpha value is -0.570.